The van der Waals surface area contributed by atoms with E-state index < -0.39 is 5.97 Å². The van der Waals surface area contributed by atoms with Crippen molar-refractivity contribution < 1.29 is 25.2 Å². The zero-order chi connectivity index (χ0) is 32.0. The van der Waals surface area contributed by atoms with Crippen molar-refractivity contribution in [3.63, 3.8) is 0 Å². The molecule has 0 saturated heterocycles. The number of carboxylic acids is 1. The average Bonchev–Trinajstić information content (AvgIpc) is 2.80. The second kappa shape index (κ2) is 11.3. The van der Waals surface area contributed by atoms with E-state index in [1.807, 2.05) is 51.1 Å². The Balaban J connectivity index is 2.25. The Labute approximate surface area is 252 Å². The predicted molar refractivity (Wildman–Crippen MR) is 171 cm³/mol. The van der Waals surface area contributed by atoms with Crippen LogP contribution in [0.25, 0.3) is 0 Å². The minimum Gasteiger partial charge on any atom is -0.508 e. The van der Waals surface area contributed by atoms with Gasteiger partial charge in [-0.25, -0.2) is 4.79 Å². The molecule has 0 aliphatic carbocycles. The molecule has 3 aromatic carbocycles. The largest absolute Gasteiger partial charge is 0.508 e. The van der Waals surface area contributed by atoms with Crippen LogP contribution in [-0.4, -0.2) is 26.4 Å². The lowest BCUT2D eigenvalue weighted by molar-refractivity contribution is 0.0693. The van der Waals surface area contributed by atoms with Gasteiger partial charge in [-0.2, -0.15) is 0 Å². The lowest BCUT2D eigenvalue weighted by atomic mass is 9.71. The van der Waals surface area contributed by atoms with Crippen molar-refractivity contribution in [3.8, 4) is 17.2 Å². The molecule has 0 fully saturated rings. The first-order valence-electron chi connectivity index (χ1n) is 14.8. The maximum atomic E-state index is 12.0. The van der Waals surface area contributed by atoms with Crippen molar-refractivity contribution in [1.29, 1.82) is 0 Å². The fraction of sp³-hybridized carbons (Fsp3) is 0.486. The molecule has 5 heteroatoms. The van der Waals surface area contributed by atoms with Crippen LogP contribution in [0.15, 0.2) is 42.5 Å². The summed E-state index contributed by atoms with van der Waals surface area (Å²) in [6.07, 6.45) is 1.37. The van der Waals surface area contributed by atoms with E-state index >= 15 is 0 Å². The van der Waals surface area contributed by atoms with E-state index in [1.165, 1.54) is 6.07 Å². The highest BCUT2D eigenvalue weighted by Crippen LogP contribution is 2.42. The Kier molecular flexibility index (Phi) is 8.90. The Bertz CT molecular complexity index is 1470. The topological polar surface area (TPSA) is 98.0 Å². The smallest absolute Gasteiger partial charge is 0.339 e. The minimum atomic E-state index is -1.20. The standard InChI is InChI=1S/C37H50O5/c1-34(2,3)21-37(10,11)28-18-23(14-22-16-26(35(4,5)6)12-13-30(22)38)31(39)24(19-28)15-25-17-27(36(7,8)9)20-29(32(25)40)33(41)42/h12-13,16-20,38-40H,14-15,21H2,1-11H3,(H,41,42). The second-order valence-corrected chi connectivity index (χ2v) is 15.8. The number of carbonyl (C=O) groups is 1. The predicted octanol–water partition coefficient (Wildman–Crippen LogP) is 8.99. The van der Waals surface area contributed by atoms with Crippen molar-refractivity contribution in [2.45, 2.75) is 112 Å². The van der Waals surface area contributed by atoms with E-state index in [-0.39, 0.29) is 50.9 Å². The average molecular weight is 575 g/mol. The number of hydrogen-bond acceptors (Lipinski definition) is 4. The van der Waals surface area contributed by atoms with Crippen LogP contribution in [0.2, 0.25) is 0 Å². The molecule has 0 aliphatic rings. The van der Waals surface area contributed by atoms with E-state index in [2.05, 4.69) is 55.4 Å². The molecule has 3 rings (SSSR count). The highest BCUT2D eigenvalue weighted by atomic mass is 16.4. The summed E-state index contributed by atoms with van der Waals surface area (Å²) < 4.78 is 0. The van der Waals surface area contributed by atoms with Gasteiger partial charge in [0.2, 0.25) is 0 Å². The van der Waals surface area contributed by atoms with E-state index in [0.717, 1.165) is 28.7 Å². The molecule has 42 heavy (non-hydrogen) atoms. The third kappa shape index (κ3) is 7.67. The summed E-state index contributed by atoms with van der Waals surface area (Å²) in [5.74, 6) is -1.22. The molecule has 0 aromatic heterocycles. The fourth-order valence-corrected chi connectivity index (χ4v) is 5.88. The zero-order valence-electron chi connectivity index (χ0n) is 27.4. The van der Waals surface area contributed by atoms with Gasteiger partial charge in [0.25, 0.3) is 0 Å². The molecule has 0 aliphatic heterocycles. The fourth-order valence-electron chi connectivity index (χ4n) is 5.88. The van der Waals surface area contributed by atoms with Gasteiger partial charge in [-0.3, -0.25) is 0 Å². The molecule has 5 nitrogen and oxygen atoms in total. The summed E-state index contributed by atoms with van der Waals surface area (Å²) in [4.78, 5) is 12.0. The van der Waals surface area contributed by atoms with Crippen molar-refractivity contribution in [3.05, 3.63) is 87.0 Å². The summed E-state index contributed by atoms with van der Waals surface area (Å²) in [5, 5.41) is 43.3. The van der Waals surface area contributed by atoms with Crippen molar-refractivity contribution in [2.24, 2.45) is 5.41 Å². The number of rotatable bonds is 7. The van der Waals surface area contributed by atoms with E-state index in [9.17, 15) is 25.2 Å². The molecular formula is C37H50O5. The number of phenols is 3. The SMILES string of the molecule is CC(C)(C)CC(C)(C)c1cc(Cc2cc(C(C)(C)C)ccc2O)c(O)c(Cc2cc(C(C)(C)C)cc(C(=O)O)c2O)c1. The minimum absolute atomic E-state index is 0.0523. The van der Waals surface area contributed by atoms with Gasteiger partial charge >= 0.3 is 5.97 Å². The molecule has 0 heterocycles. The van der Waals surface area contributed by atoms with Crippen molar-refractivity contribution >= 4 is 5.97 Å². The summed E-state index contributed by atoms with van der Waals surface area (Å²) in [7, 11) is 0. The van der Waals surface area contributed by atoms with E-state index in [1.54, 1.807) is 6.07 Å². The first-order chi connectivity index (χ1) is 19.0. The number of benzene rings is 3. The normalized spacial score (nSPS) is 12.9. The van der Waals surface area contributed by atoms with Crippen LogP contribution in [0.3, 0.4) is 0 Å². The zero-order valence-corrected chi connectivity index (χ0v) is 27.4. The Morgan fingerprint density at radius 2 is 1.05 bits per heavy atom. The van der Waals surface area contributed by atoms with Crippen LogP contribution in [0.5, 0.6) is 17.2 Å². The van der Waals surface area contributed by atoms with Gasteiger partial charge < -0.3 is 20.4 Å². The van der Waals surface area contributed by atoms with Gasteiger partial charge in [-0.15, -0.1) is 0 Å². The number of aromatic hydroxyl groups is 3. The van der Waals surface area contributed by atoms with Crippen molar-refractivity contribution in [2.75, 3.05) is 0 Å². The molecule has 0 atom stereocenters. The van der Waals surface area contributed by atoms with Crippen molar-refractivity contribution in [1.82, 2.24) is 0 Å². The van der Waals surface area contributed by atoms with Gasteiger partial charge in [-0.1, -0.05) is 106 Å². The van der Waals surface area contributed by atoms with Gasteiger partial charge in [0.05, 0.1) is 0 Å². The van der Waals surface area contributed by atoms with Gasteiger partial charge in [0.15, 0.2) is 0 Å². The van der Waals surface area contributed by atoms with Gasteiger partial charge in [-0.05, 0) is 79.2 Å². The molecular weight excluding hydrogens is 524 g/mol. The first kappa shape index (κ1) is 33.0. The summed E-state index contributed by atoms with van der Waals surface area (Å²) in [6, 6.07) is 13.0. The van der Waals surface area contributed by atoms with Crippen LogP contribution in [-0.2, 0) is 29.1 Å². The van der Waals surface area contributed by atoms with E-state index in [0.29, 0.717) is 23.1 Å². The maximum absolute atomic E-state index is 12.0. The lowest BCUT2D eigenvalue weighted by Crippen LogP contribution is -2.25. The highest BCUT2D eigenvalue weighted by Gasteiger charge is 2.30. The van der Waals surface area contributed by atoms with Gasteiger partial charge in [0, 0.05) is 12.8 Å². The Morgan fingerprint density at radius 1 is 0.595 bits per heavy atom. The quantitative estimate of drug-likeness (QED) is 0.226. The molecule has 0 unspecified atom stereocenters. The third-order valence-corrected chi connectivity index (χ3v) is 8.01. The molecule has 0 radical (unpaired) electrons. The number of aromatic carboxylic acids is 1. The summed E-state index contributed by atoms with van der Waals surface area (Å²) in [6.45, 7) is 23.4. The second-order valence-electron chi connectivity index (χ2n) is 15.8. The van der Waals surface area contributed by atoms with Crippen LogP contribution in [0.1, 0.15) is 132 Å². The highest BCUT2D eigenvalue weighted by molar-refractivity contribution is 5.91. The van der Waals surface area contributed by atoms with Crippen LogP contribution in [0, 0.1) is 5.41 Å². The number of phenolic OH excluding ortho intramolecular Hbond substituents is 2. The summed E-state index contributed by atoms with van der Waals surface area (Å²) >= 11 is 0. The molecule has 0 amide bonds. The Morgan fingerprint density at radius 3 is 1.52 bits per heavy atom. The molecule has 3 aromatic rings. The molecule has 0 spiro atoms. The Hall–Kier alpha value is -3.47. The molecule has 4 N–H and O–H groups in total. The number of hydrogen-bond donors (Lipinski definition) is 4. The number of carboxylic acid groups (broad SMARTS) is 1. The van der Waals surface area contributed by atoms with E-state index in [4.69, 9.17) is 0 Å². The molecule has 0 bridgehead atoms. The molecule has 0 saturated carbocycles. The maximum Gasteiger partial charge on any atom is 0.339 e. The van der Waals surface area contributed by atoms with Crippen LogP contribution in [0.4, 0.5) is 0 Å². The summed E-state index contributed by atoms with van der Waals surface area (Å²) in [5.41, 5.74) is 4.58. The molecule has 228 valence electrons. The van der Waals surface area contributed by atoms with Crippen LogP contribution >= 0.6 is 0 Å². The monoisotopic (exact) mass is 574 g/mol. The lowest BCUT2D eigenvalue weighted by Gasteiger charge is -2.34. The first-order valence-corrected chi connectivity index (χ1v) is 14.8. The van der Waals surface area contributed by atoms with Crippen LogP contribution < -0.4 is 0 Å². The third-order valence-electron chi connectivity index (χ3n) is 8.01. The van der Waals surface area contributed by atoms with Gasteiger partial charge in [0.1, 0.15) is 22.8 Å².